The van der Waals surface area contributed by atoms with E-state index in [1.54, 1.807) is 4.90 Å². The molecule has 3 rings (SSSR count). The molecule has 1 N–H and O–H groups in total. The molecule has 0 aliphatic heterocycles. The normalized spacial score (nSPS) is 11.3. The summed E-state index contributed by atoms with van der Waals surface area (Å²) in [6, 6.07) is 21.3. The van der Waals surface area contributed by atoms with Crippen molar-refractivity contribution in [2.45, 2.75) is 11.6 Å². The van der Waals surface area contributed by atoms with Crippen LogP contribution in [0.15, 0.2) is 82.3 Å². The number of benzene rings is 2. The van der Waals surface area contributed by atoms with Gasteiger partial charge in [-0.15, -0.1) is 0 Å². The maximum atomic E-state index is 13.0. The van der Waals surface area contributed by atoms with Gasteiger partial charge in [0.2, 0.25) is 5.09 Å². The number of amides is 1. The van der Waals surface area contributed by atoms with Crippen molar-refractivity contribution >= 4 is 21.6 Å². The van der Waals surface area contributed by atoms with Gasteiger partial charge in [0.05, 0.1) is 6.54 Å². The molecule has 0 aliphatic rings. The molecule has 6 nitrogen and oxygen atoms in total. The minimum atomic E-state index is -3.75. The lowest BCUT2D eigenvalue weighted by Gasteiger charge is -2.22. The standard InChI is InChI=1S/C19H18N2O4S/c1-20-26(23,24)18-13-12-17(25-18)19(22)21(16-10-6-3-7-11-16)14-15-8-4-2-5-9-15/h2-13,20H,14H2,1H3. The lowest BCUT2D eigenvalue weighted by Crippen LogP contribution is -2.30. The van der Waals surface area contributed by atoms with E-state index in [9.17, 15) is 13.2 Å². The summed E-state index contributed by atoms with van der Waals surface area (Å²) in [6.45, 7) is 0.332. The van der Waals surface area contributed by atoms with Crippen molar-refractivity contribution in [1.82, 2.24) is 4.72 Å². The minimum absolute atomic E-state index is 0.0430. The first kappa shape index (κ1) is 17.9. The van der Waals surface area contributed by atoms with Crippen molar-refractivity contribution in [1.29, 1.82) is 0 Å². The number of carbonyl (C=O) groups excluding carboxylic acids is 1. The number of para-hydroxylation sites is 1. The molecule has 0 unspecified atom stereocenters. The number of sulfonamides is 1. The second-order valence-electron chi connectivity index (χ2n) is 5.54. The largest absolute Gasteiger partial charge is 0.438 e. The molecule has 1 heterocycles. The molecular weight excluding hydrogens is 352 g/mol. The van der Waals surface area contributed by atoms with Gasteiger partial charge in [-0.25, -0.2) is 13.1 Å². The van der Waals surface area contributed by atoms with E-state index < -0.39 is 15.9 Å². The minimum Gasteiger partial charge on any atom is -0.438 e. The van der Waals surface area contributed by atoms with E-state index in [1.165, 1.54) is 19.2 Å². The van der Waals surface area contributed by atoms with E-state index in [-0.39, 0.29) is 10.9 Å². The van der Waals surface area contributed by atoms with Gasteiger partial charge in [-0.2, -0.15) is 0 Å². The van der Waals surface area contributed by atoms with E-state index in [1.807, 2.05) is 60.7 Å². The topological polar surface area (TPSA) is 79.6 Å². The Kier molecular flexibility index (Phi) is 5.20. The van der Waals surface area contributed by atoms with Crippen molar-refractivity contribution in [2.24, 2.45) is 0 Å². The predicted octanol–water partition coefficient (Wildman–Crippen LogP) is 3.03. The van der Waals surface area contributed by atoms with Crippen molar-refractivity contribution in [3.63, 3.8) is 0 Å². The fraction of sp³-hybridized carbons (Fsp3) is 0.105. The Bertz CT molecular complexity index is 983. The van der Waals surface area contributed by atoms with E-state index in [2.05, 4.69) is 4.72 Å². The summed E-state index contributed by atoms with van der Waals surface area (Å²) in [5.41, 5.74) is 1.63. The van der Waals surface area contributed by atoms with Crippen LogP contribution in [0, 0.1) is 0 Å². The lowest BCUT2D eigenvalue weighted by atomic mass is 10.2. The fourth-order valence-electron chi connectivity index (χ4n) is 2.47. The van der Waals surface area contributed by atoms with E-state index in [0.717, 1.165) is 5.56 Å². The molecule has 0 aliphatic carbocycles. The molecule has 7 heteroatoms. The van der Waals surface area contributed by atoms with Gasteiger partial charge in [0.15, 0.2) is 5.76 Å². The lowest BCUT2D eigenvalue weighted by molar-refractivity contribution is 0.0953. The van der Waals surface area contributed by atoms with Gasteiger partial charge in [-0.05, 0) is 36.9 Å². The summed E-state index contributed by atoms with van der Waals surface area (Å²) >= 11 is 0. The molecule has 26 heavy (non-hydrogen) atoms. The van der Waals surface area contributed by atoms with Crippen LogP contribution in [0.3, 0.4) is 0 Å². The van der Waals surface area contributed by atoms with Gasteiger partial charge in [-0.3, -0.25) is 4.79 Å². The van der Waals surface area contributed by atoms with Gasteiger partial charge >= 0.3 is 0 Å². The van der Waals surface area contributed by atoms with Crippen LogP contribution in [-0.2, 0) is 16.6 Å². The van der Waals surface area contributed by atoms with Gasteiger partial charge < -0.3 is 9.32 Å². The van der Waals surface area contributed by atoms with Gasteiger partial charge in [0.25, 0.3) is 15.9 Å². The van der Waals surface area contributed by atoms with E-state index in [0.29, 0.717) is 12.2 Å². The molecular formula is C19H18N2O4S. The Labute approximate surface area is 152 Å². The molecule has 2 aromatic carbocycles. The third-order valence-electron chi connectivity index (χ3n) is 3.82. The van der Waals surface area contributed by atoms with Crippen LogP contribution in [0.1, 0.15) is 16.1 Å². The number of hydrogen-bond donors (Lipinski definition) is 1. The molecule has 0 spiro atoms. The summed E-state index contributed by atoms with van der Waals surface area (Å²) < 4.78 is 31.1. The zero-order valence-corrected chi connectivity index (χ0v) is 14.9. The summed E-state index contributed by atoms with van der Waals surface area (Å²) in [5, 5.41) is -0.295. The highest BCUT2D eigenvalue weighted by Crippen LogP contribution is 2.22. The molecule has 0 radical (unpaired) electrons. The summed E-state index contributed by atoms with van der Waals surface area (Å²) in [6.07, 6.45) is 0. The molecule has 0 fully saturated rings. The van der Waals surface area contributed by atoms with Crippen molar-refractivity contribution in [2.75, 3.05) is 11.9 Å². The number of furan rings is 1. The molecule has 0 saturated carbocycles. The maximum absolute atomic E-state index is 13.0. The van der Waals surface area contributed by atoms with Crippen LogP contribution in [0.5, 0.6) is 0 Å². The monoisotopic (exact) mass is 370 g/mol. The van der Waals surface area contributed by atoms with Gasteiger partial charge in [0.1, 0.15) is 0 Å². The van der Waals surface area contributed by atoms with Crippen LogP contribution in [0.4, 0.5) is 5.69 Å². The van der Waals surface area contributed by atoms with E-state index >= 15 is 0 Å². The average Bonchev–Trinajstić information content (AvgIpc) is 3.18. The first-order valence-corrected chi connectivity index (χ1v) is 9.44. The highest BCUT2D eigenvalue weighted by atomic mass is 32.2. The average molecular weight is 370 g/mol. The highest BCUT2D eigenvalue weighted by Gasteiger charge is 2.24. The molecule has 0 atom stereocenters. The molecule has 3 aromatic rings. The number of anilines is 1. The number of rotatable bonds is 6. The maximum Gasteiger partial charge on any atom is 0.294 e. The Morgan fingerprint density at radius 3 is 2.19 bits per heavy atom. The summed E-state index contributed by atoms with van der Waals surface area (Å²) in [5.74, 6) is -0.462. The summed E-state index contributed by atoms with van der Waals surface area (Å²) in [7, 11) is -2.46. The Hall–Kier alpha value is -2.90. The van der Waals surface area contributed by atoms with Crippen LogP contribution in [-0.4, -0.2) is 21.4 Å². The predicted molar refractivity (Wildman–Crippen MR) is 98.4 cm³/mol. The van der Waals surface area contributed by atoms with Crippen LogP contribution in [0.2, 0.25) is 0 Å². The molecule has 1 amide bonds. The zero-order valence-electron chi connectivity index (χ0n) is 14.1. The van der Waals surface area contributed by atoms with Crippen molar-refractivity contribution < 1.29 is 17.6 Å². The quantitative estimate of drug-likeness (QED) is 0.723. The first-order chi connectivity index (χ1) is 12.5. The van der Waals surface area contributed by atoms with Gasteiger partial charge in [0, 0.05) is 5.69 Å². The zero-order chi connectivity index (χ0) is 18.6. The second-order valence-corrected chi connectivity index (χ2v) is 7.36. The van der Waals surface area contributed by atoms with Crippen LogP contribution >= 0.6 is 0 Å². The molecule has 1 aromatic heterocycles. The Morgan fingerprint density at radius 2 is 1.58 bits per heavy atom. The number of hydrogen-bond acceptors (Lipinski definition) is 4. The van der Waals surface area contributed by atoms with Crippen molar-refractivity contribution in [3.8, 4) is 0 Å². The van der Waals surface area contributed by atoms with Gasteiger partial charge in [-0.1, -0.05) is 48.5 Å². The number of nitrogens with one attached hydrogen (secondary N) is 1. The fourth-order valence-corrected chi connectivity index (χ4v) is 3.12. The molecule has 0 saturated heterocycles. The highest BCUT2D eigenvalue weighted by molar-refractivity contribution is 7.89. The van der Waals surface area contributed by atoms with Crippen molar-refractivity contribution in [3.05, 3.63) is 84.1 Å². The third-order valence-corrected chi connectivity index (χ3v) is 5.11. The molecule has 0 bridgehead atoms. The first-order valence-electron chi connectivity index (χ1n) is 7.95. The smallest absolute Gasteiger partial charge is 0.294 e. The van der Waals surface area contributed by atoms with Crippen LogP contribution < -0.4 is 9.62 Å². The number of carbonyl (C=O) groups is 1. The molecule has 134 valence electrons. The summed E-state index contributed by atoms with van der Waals surface area (Å²) in [4.78, 5) is 14.5. The Morgan fingerprint density at radius 1 is 0.962 bits per heavy atom. The number of nitrogens with zero attached hydrogens (tertiary/aromatic N) is 1. The SMILES string of the molecule is CNS(=O)(=O)c1ccc(C(=O)N(Cc2ccccc2)c2ccccc2)o1. The van der Waals surface area contributed by atoms with E-state index in [4.69, 9.17) is 4.42 Å². The third kappa shape index (κ3) is 3.84. The second kappa shape index (κ2) is 7.55. The van der Waals surface area contributed by atoms with Crippen LogP contribution in [0.25, 0.3) is 0 Å². The Balaban J connectivity index is 1.95.